The number of halogens is 2. The lowest BCUT2D eigenvalue weighted by Crippen LogP contribution is -2.13. The molecule has 0 spiro atoms. The van der Waals surface area contributed by atoms with Crippen molar-refractivity contribution in [1.29, 1.82) is 0 Å². The van der Waals surface area contributed by atoms with Crippen LogP contribution in [0.1, 0.15) is 21.1 Å². The van der Waals surface area contributed by atoms with Crippen LogP contribution in [0.3, 0.4) is 0 Å². The number of thiazole rings is 1. The second-order valence-corrected chi connectivity index (χ2v) is 7.57. The topological polar surface area (TPSA) is 68.0 Å². The number of carbonyl (C=O) groups excluding carboxylic acids is 1. The van der Waals surface area contributed by atoms with Gasteiger partial charge in [-0.25, -0.2) is 9.37 Å². The van der Waals surface area contributed by atoms with E-state index in [0.717, 1.165) is 15.2 Å². The first kappa shape index (κ1) is 17.6. The zero-order valence-electron chi connectivity index (χ0n) is 14.3. The van der Waals surface area contributed by atoms with Crippen molar-refractivity contribution in [1.82, 2.24) is 10.1 Å². The van der Waals surface area contributed by atoms with Gasteiger partial charge >= 0.3 is 0 Å². The quantitative estimate of drug-likeness (QED) is 0.484. The summed E-state index contributed by atoms with van der Waals surface area (Å²) in [6, 6.07) is 9.72. The highest BCUT2D eigenvalue weighted by Crippen LogP contribution is 2.34. The second kappa shape index (κ2) is 6.75. The predicted octanol–water partition coefficient (Wildman–Crippen LogP) is 5.61. The average Bonchev–Trinajstić information content (AvgIpc) is 3.16. The number of nitrogens with zero attached hydrogens (tertiary/aromatic N) is 2. The average molecular weight is 402 g/mol. The highest BCUT2D eigenvalue weighted by molar-refractivity contribution is 7.18. The molecule has 0 aliphatic carbocycles. The molecule has 2 heterocycles. The number of amides is 1. The van der Waals surface area contributed by atoms with Crippen molar-refractivity contribution in [2.24, 2.45) is 0 Å². The first-order valence-corrected chi connectivity index (χ1v) is 9.22. The van der Waals surface area contributed by atoms with Gasteiger partial charge in [0.2, 0.25) is 0 Å². The normalized spacial score (nSPS) is 11.1. The molecule has 4 rings (SSSR count). The molecule has 0 radical (unpaired) electrons. The summed E-state index contributed by atoms with van der Waals surface area (Å²) in [5.74, 6) is -0.758. The summed E-state index contributed by atoms with van der Waals surface area (Å²) in [6.07, 6.45) is 0. The van der Waals surface area contributed by atoms with Crippen LogP contribution in [0, 0.1) is 19.7 Å². The zero-order chi connectivity index (χ0) is 19.1. The van der Waals surface area contributed by atoms with Crippen LogP contribution in [0.25, 0.3) is 21.5 Å². The molecule has 8 heteroatoms. The van der Waals surface area contributed by atoms with Gasteiger partial charge in [-0.05, 0) is 44.2 Å². The van der Waals surface area contributed by atoms with Gasteiger partial charge in [-0.3, -0.25) is 4.79 Å². The van der Waals surface area contributed by atoms with Gasteiger partial charge in [-0.15, -0.1) is 11.3 Å². The van der Waals surface area contributed by atoms with Crippen molar-refractivity contribution < 1.29 is 13.7 Å². The standard InChI is InChI=1S/C19H13ClFN3O2S/c1-9-16(18(24-26-9)17-12(20)4-3-5-13(17)21)19(25)23-11-6-7-14-15(8-11)27-10(2)22-14/h3-8H,1-2H3,(H,23,25). The Morgan fingerprint density at radius 2 is 2.07 bits per heavy atom. The van der Waals surface area contributed by atoms with Crippen molar-refractivity contribution in [3.8, 4) is 11.3 Å². The van der Waals surface area contributed by atoms with Crippen molar-refractivity contribution >= 4 is 44.7 Å². The SMILES string of the molecule is Cc1nc2ccc(NC(=O)c3c(-c4c(F)cccc4Cl)noc3C)cc2s1. The number of aromatic nitrogens is 2. The molecular formula is C19H13ClFN3O2S. The highest BCUT2D eigenvalue weighted by atomic mass is 35.5. The third kappa shape index (κ3) is 3.20. The van der Waals surface area contributed by atoms with Crippen molar-refractivity contribution in [3.05, 3.63) is 63.6 Å². The Morgan fingerprint density at radius 1 is 1.26 bits per heavy atom. The van der Waals surface area contributed by atoms with Crippen LogP contribution in [-0.4, -0.2) is 16.0 Å². The molecule has 0 bridgehead atoms. The van der Waals surface area contributed by atoms with Gasteiger partial charge in [0.25, 0.3) is 5.91 Å². The number of carbonyl (C=O) groups is 1. The summed E-state index contributed by atoms with van der Waals surface area (Å²) in [5.41, 5.74) is 1.72. The summed E-state index contributed by atoms with van der Waals surface area (Å²) >= 11 is 7.66. The Kier molecular flexibility index (Phi) is 4.41. The largest absolute Gasteiger partial charge is 0.360 e. The van der Waals surface area contributed by atoms with Crippen LogP contribution in [0.5, 0.6) is 0 Å². The van der Waals surface area contributed by atoms with E-state index in [1.54, 1.807) is 13.0 Å². The maximum atomic E-state index is 14.3. The van der Waals surface area contributed by atoms with Crippen LogP contribution in [0.2, 0.25) is 5.02 Å². The van der Waals surface area contributed by atoms with Gasteiger partial charge in [-0.1, -0.05) is 22.8 Å². The first-order chi connectivity index (χ1) is 12.9. The maximum Gasteiger partial charge on any atom is 0.261 e. The van der Waals surface area contributed by atoms with Gasteiger partial charge in [0.05, 0.1) is 25.8 Å². The van der Waals surface area contributed by atoms with E-state index in [9.17, 15) is 9.18 Å². The Balaban J connectivity index is 1.72. The molecule has 1 N–H and O–H groups in total. The summed E-state index contributed by atoms with van der Waals surface area (Å²) in [6.45, 7) is 3.52. The summed E-state index contributed by atoms with van der Waals surface area (Å²) < 4.78 is 20.4. The molecule has 27 heavy (non-hydrogen) atoms. The molecule has 0 aliphatic rings. The first-order valence-electron chi connectivity index (χ1n) is 8.03. The zero-order valence-corrected chi connectivity index (χ0v) is 15.9. The number of rotatable bonds is 3. The van der Waals surface area contributed by atoms with E-state index in [1.165, 1.54) is 29.5 Å². The van der Waals surface area contributed by atoms with Crippen LogP contribution in [0.4, 0.5) is 10.1 Å². The van der Waals surface area contributed by atoms with Crippen LogP contribution >= 0.6 is 22.9 Å². The van der Waals surface area contributed by atoms with Gasteiger partial charge in [0, 0.05) is 5.69 Å². The van der Waals surface area contributed by atoms with Crippen molar-refractivity contribution in [2.75, 3.05) is 5.32 Å². The van der Waals surface area contributed by atoms with Gasteiger partial charge in [-0.2, -0.15) is 0 Å². The molecule has 1 amide bonds. The third-order valence-electron chi connectivity index (χ3n) is 4.04. The number of hydrogen-bond acceptors (Lipinski definition) is 5. The number of benzene rings is 2. The fourth-order valence-electron chi connectivity index (χ4n) is 2.85. The molecule has 0 saturated heterocycles. The number of nitrogens with one attached hydrogen (secondary N) is 1. The number of hydrogen-bond donors (Lipinski definition) is 1. The van der Waals surface area contributed by atoms with Gasteiger partial charge in [0.1, 0.15) is 22.8 Å². The molecule has 0 unspecified atom stereocenters. The smallest absolute Gasteiger partial charge is 0.261 e. The Hall–Kier alpha value is -2.77. The van der Waals surface area contributed by atoms with E-state index in [0.29, 0.717) is 5.69 Å². The van der Waals surface area contributed by atoms with Crippen LogP contribution < -0.4 is 5.32 Å². The third-order valence-corrected chi connectivity index (χ3v) is 5.29. The Bertz CT molecular complexity index is 1160. The molecular weight excluding hydrogens is 389 g/mol. The molecule has 4 aromatic rings. The molecule has 2 aromatic carbocycles. The molecule has 0 aliphatic heterocycles. The van der Waals surface area contributed by atoms with Crippen LogP contribution in [0.15, 0.2) is 40.9 Å². The molecule has 2 aromatic heterocycles. The van der Waals surface area contributed by atoms with E-state index >= 15 is 0 Å². The summed E-state index contributed by atoms with van der Waals surface area (Å²) in [5, 5.41) is 7.76. The maximum absolute atomic E-state index is 14.3. The minimum absolute atomic E-state index is 0.0368. The molecule has 136 valence electrons. The fourth-order valence-corrected chi connectivity index (χ4v) is 3.96. The van der Waals surface area contributed by atoms with Crippen molar-refractivity contribution in [3.63, 3.8) is 0 Å². The Labute approximate surface area is 162 Å². The lowest BCUT2D eigenvalue weighted by molar-refractivity contribution is 0.102. The Morgan fingerprint density at radius 3 is 2.85 bits per heavy atom. The van der Waals surface area contributed by atoms with E-state index in [2.05, 4.69) is 15.5 Å². The predicted molar refractivity (Wildman–Crippen MR) is 104 cm³/mol. The molecule has 0 atom stereocenters. The fraction of sp³-hybridized carbons (Fsp3) is 0.105. The van der Waals surface area contributed by atoms with E-state index in [1.807, 2.05) is 19.1 Å². The van der Waals surface area contributed by atoms with E-state index in [-0.39, 0.29) is 27.6 Å². The monoisotopic (exact) mass is 401 g/mol. The number of anilines is 1. The minimum Gasteiger partial charge on any atom is -0.360 e. The molecule has 5 nitrogen and oxygen atoms in total. The summed E-state index contributed by atoms with van der Waals surface area (Å²) in [7, 11) is 0. The molecule has 0 fully saturated rings. The number of aryl methyl sites for hydroxylation is 2. The van der Waals surface area contributed by atoms with E-state index in [4.69, 9.17) is 16.1 Å². The summed E-state index contributed by atoms with van der Waals surface area (Å²) in [4.78, 5) is 17.3. The molecule has 0 saturated carbocycles. The van der Waals surface area contributed by atoms with Gasteiger partial charge in [0.15, 0.2) is 0 Å². The lowest BCUT2D eigenvalue weighted by atomic mass is 10.0. The van der Waals surface area contributed by atoms with Crippen LogP contribution in [-0.2, 0) is 0 Å². The minimum atomic E-state index is -0.577. The second-order valence-electron chi connectivity index (χ2n) is 5.93. The van der Waals surface area contributed by atoms with Crippen molar-refractivity contribution in [2.45, 2.75) is 13.8 Å². The number of fused-ring (bicyclic) bond motifs is 1. The van der Waals surface area contributed by atoms with Gasteiger partial charge < -0.3 is 9.84 Å². The lowest BCUT2D eigenvalue weighted by Gasteiger charge is -2.07. The van der Waals surface area contributed by atoms with E-state index < -0.39 is 11.7 Å². The highest BCUT2D eigenvalue weighted by Gasteiger charge is 2.25.